The number of aromatic amines is 1. The number of H-pyrrole nitrogens is 1. The summed E-state index contributed by atoms with van der Waals surface area (Å²) in [6.07, 6.45) is 7.35. The van der Waals surface area contributed by atoms with Gasteiger partial charge in [-0.1, -0.05) is 0 Å². The molecule has 116 valence electrons. The van der Waals surface area contributed by atoms with E-state index in [0.717, 1.165) is 40.9 Å². The van der Waals surface area contributed by atoms with Crippen molar-refractivity contribution in [3.05, 3.63) is 30.4 Å². The zero-order valence-electron chi connectivity index (χ0n) is 12.8. The van der Waals surface area contributed by atoms with Crippen molar-refractivity contribution >= 4 is 16.7 Å². The molecule has 0 aliphatic carbocycles. The number of fused-ring (bicyclic) bond motifs is 1. The highest BCUT2D eigenvalue weighted by molar-refractivity contribution is 6.04. The smallest absolute Gasteiger partial charge is 0.140 e. The van der Waals surface area contributed by atoms with E-state index in [1.807, 2.05) is 25.6 Å². The molecule has 0 radical (unpaired) electrons. The number of anilines is 1. The van der Waals surface area contributed by atoms with Crippen molar-refractivity contribution < 1.29 is 4.74 Å². The van der Waals surface area contributed by atoms with Gasteiger partial charge in [0, 0.05) is 49.9 Å². The second-order valence-electron chi connectivity index (χ2n) is 5.56. The third-order valence-corrected chi connectivity index (χ3v) is 4.14. The van der Waals surface area contributed by atoms with Crippen molar-refractivity contribution in [1.82, 2.24) is 19.7 Å². The van der Waals surface area contributed by atoms with Crippen LogP contribution >= 0.6 is 0 Å². The van der Waals surface area contributed by atoms with Gasteiger partial charge in [0.2, 0.25) is 0 Å². The van der Waals surface area contributed by atoms with Crippen LogP contribution in [0.1, 0.15) is 5.56 Å². The highest BCUT2D eigenvalue weighted by atomic mass is 16.5. The molecule has 0 unspecified atom stereocenters. The summed E-state index contributed by atoms with van der Waals surface area (Å²) in [5, 5.41) is 14.8. The number of nitrogens with one attached hydrogen (secondary N) is 1. The topological polar surface area (TPSA) is 82.8 Å². The molecule has 0 amide bonds. The highest BCUT2D eigenvalue weighted by Crippen LogP contribution is 2.37. The second kappa shape index (κ2) is 5.41. The van der Waals surface area contributed by atoms with Crippen LogP contribution in [0.25, 0.3) is 22.2 Å². The highest BCUT2D eigenvalue weighted by Gasteiger charge is 2.22. The first kappa shape index (κ1) is 13.8. The van der Waals surface area contributed by atoms with Crippen molar-refractivity contribution in [1.29, 1.82) is 5.26 Å². The number of nitrogens with zero attached hydrogens (tertiary/aromatic N) is 5. The van der Waals surface area contributed by atoms with Gasteiger partial charge in [-0.2, -0.15) is 10.4 Å². The summed E-state index contributed by atoms with van der Waals surface area (Å²) >= 11 is 0. The molecule has 4 heterocycles. The number of nitriles is 1. The Morgan fingerprint density at radius 1 is 1.30 bits per heavy atom. The van der Waals surface area contributed by atoms with Crippen LogP contribution in [0.15, 0.2) is 24.8 Å². The molecule has 0 atom stereocenters. The largest absolute Gasteiger partial charge is 0.378 e. The summed E-state index contributed by atoms with van der Waals surface area (Å²) in [6, 6.07) is 2.28. The van der Waals surface area contributed by atoms with Crippen molar-refractivity contribution in [3.8, 4) is 17.2 Å². The first-order valence-corrected chi connectivity index (χ1v) is 7.50. The van der Waals surface area contributed by atoms with E-state index < -0.39 is 0 Å². The molecule has 1 saturated heterocycles. The maximum atomic E-state index is 9.54. The fraction of sp³-hybridized carbons (Fsp3) is 0.312. The van der Waals surface area contributed by atoms with Crippen LogP contribution < -0.4 is 4.90 Å². The van der Waals surface area contributed by atoms with Crippen molar-refractivity contribution in [3.63, 3.8) is 0 Å². The monoisotopic (exact) mass is 308 g/mol. The fourth-order valence-electron chi connectivity index (χ4n) is 3.06. The van der Waals surface area contributed by atoms with Gasteiger partial charge >= 0.3 is 0 Å². The van der Waals surface area contributed by atoms with Gasteiger partial charge in [0.15, 0.2) is 0 Å². The summed E-state index contributed by atoms with van der Waals surface area (Å²) in [5.41, 5.74) is 4.32. The van der Waals surface area contributed by atoms with E-state index in [-0.39, 0.29) is 0 Å². The number of aryl methyl sites for hydroxylation is 1. The number of ether oxygens (including phenoxy) is 1. The average molecular weight is 308 g/mol. The minimum absolute atomic E-state index is 0.587. The number of pyridine rings is 1. The zero-order chi connectivity index (χ0) is 15.8. The number of morpholine rings is 1. The lowest BCUT2D eigenvalue weighted by molar-refractivity contribution is 0.123. The first-order valence-electron chi connectivity index (χ1n) is 7.50. The minimum Gasteiger partial charge on any atom is -0.378 e. The van der Waals surface area contributed by atoms with Crippen LogP contribution in [0.5, 0.6) is 0 Å². The van der Waals surface area contributed by atoms with Gasteiger partial charge in [-0.05, 0) is 0 Å². The standard InChI is InChI=1S/C16H16N6O/c1-21-10-12(8-20-21)13-9-19-16-14(13)15(11(6-17)7-18-16)22-2-4-23-5-3-22/h7-10H,2-5H2,1H3,(H,18,19). The van der Waals surface area contributed by atoms with E-state index in [1.54, 1.807) is 10.9 Å². The van der Waals surface area contributed by atoms with E-state index in [4.69, 9.17) is 4.74 Å². The molecule has 0 spiro atoms. The van der Waals surface area contributed by atoms with Gasteiger partial charge in [-0.25, -0.2) is 4.98 Å². The fourth-order valence-corrected chi connectivity index (χ4v) is 3.06. The van der Waals surface area contributed by atoms with E-state index in [2.05, 4.69) is 26.0 Å². The lowest BCUT2D eigenvalue weighted by atomic mass is 10.0. The summed E-state index contributed by atoms with van der Waals surface area (Å²) in [4.78, 5) is 9.82. The van der Waals surface area contributed by atoms with Crippen LogP contribution in [0.4, 0.5) is 5.69 Å². The van der Waals surface area contributed by atoms with E-state index >= 15 is 0 Å². The summed E-state index contributed by atoms with van der Waals surface area (Å²) in [6.45, 7) is 2.87. The van der Waals surface area contributed by atoms with Crippen molar-refractivity contribution in [2.45, 2.75) is 0 Å². The maximum absolute atomic E-state index is 9.54. The molecule has 3 aromatic rings. The van der Waals surface area contributed by atoms with E-state index in [0.29, 0.717) is 18.8 Å². The maximum Gasteiger partial charge on any atom is 0.140 e. The SMILES string of the molecule is Cn1cc(-c2c[nH]c3ncc(C#N)c(N4CCOCC4)c23)cn1. The third kappa shape index (κ3) is 2.24. The Morgan fingerprint density at radius 2 is 2.13 bits per heavy atom. The molecule has 23 heavy (non-hydrogen) atoms. The van der Waals surface area contributed by atoms with Gasteiger partial charge in [0.1, 0.15) is 11.7 Å². The molecule has 0 saturated carbocycles. The summed E-state index contributed by atoms with van der Waals surface area (Å²) in [5.74, 6) is 0. The van der Waals surface area contributed by atoms with Crippen LogP contribution in [0.3, 0.4) is 0 Å². The molecule has 1 N–H and O–H groups in total. The van der Waals surface area contributed by atoms with Gasteiger partial charge in [-0.3, -0.25) is 4.68 Å². The Morgan fingerprint density at radius 3 is 2.83 bits per heavy atom. The Hall–Kier alpha value is -2.85. The summed E-state index contributed by atoms with van der Waals surface area (Å²) in [7, 11) is 1.89. The first-order chi connectivity index (χ1) is 11.3. The molecule has 0 aromatic carbocycles. The van der Waals surface area contributed by atoms with Gasteiger partial charge < -0.3 is 14.6 Å². The predicted octanol–water partition coefficient (Wildman–Crippen LogP) is 1.67. The molecular formula is C16H16N6O. The lowest BCUT2D eigenvalue weighted by Gasteiger charge is -2.30. The van der Waals surface area contributed by atoms with Crippen LogP contribution in [0, 0.1) is 11.3 Å². The second-order valence-corrected chi connectivity index (χ2v) is 5.56. The Bertz CT molecular complexity index is 897. The van der Waals surface area contributed by atoms with E-state index in [1.165, 1.54) is 0 Å². The van der Waals surface area contributed by atoms with Crippen molar-refractivity contribution in [2.75, 3.05) is 31.2 Å². The molecule has 1 aliphatic rings. The quantitative estimate of drug-likeness (QED) is 0.778. The average Bonchev–Trinajstić information content (AvgIpc) is 3.20. The molecule has 1 aliphatic heterocycles. The molecule has 7 nitrogen and oxygen atoms in total. The molecule has 7 heteroatoms. The third-order valence-electron chi connectivity index (χ3n) is 4.14. The summed E-state index contributed by atoms with van der Waals surface area (Å²) < 4.78 is 7.21. The minimum atomic E-state index is 0.587. The van der Waals surface area contributed by atoms with Gasteiger partial charge in [-0.15, -0.1) is 0 Å². The van der Waals surface area contributed by atoms with E-state index in [9.17, 15) is 5.26 Å². The lowest BCUT2D eigenvalue weighted by Crippen LogP contribution is -2.36. The van der Waals surface area contributed by atoms with Crippen LogP contribution in [-0.4, -0.2) is 46.1 Å². The Kier molecular flexibility index (Phi) is 3.24. The van der Waals surface area contributed by atoms with Crippen molar-refractivity contribution in [2.24, 2.45) is 7.05 Å². The molecular weight excluding hydrogens is 292 g/mol. The normalized spacial score (nSPS) is 15.0. The Balaban J connectivity index is 1.97. The van der Waals surface area contributed by atoms with Crippen LogP contribution in [0.2, 0.25) is 0 Å². The molecule has 4 rings (SSSR count). The van der Waals surface area contributed by atoms with Crippen LogP contribution in [-0.2, 0) is 11.8 Å². The zero-order valence-corrected chi connectivity index (χ0v) is 12.8. The van der Waals surface area contributed by atoms with Gasteiger partial charge in [0.05, 0.1) is 36.0 Å². The number of aromatic nitrogens is 4. The molecule has 0 bridgehead atoms. The number of hydrogen-bond donors (Lipinski definition) is 1. The molecule has 1 fully saturated rings. The molecule has 3 aromatic heterocycles. The Labute approximate surface area is 133 Å². The number of hydrogen-bond acceptors (Lipinski definition) is 5. The number of rotatable bonds is 2. The predicted molar refractivity (Wildman–Crippen MR) is 86.0 cm³/mol. The van der Waals surface area contributed by atoms with Gasteiger partial charge in [0.25, 0.3) is 0 Å².